The molecule has 1 aromatic carbocycles. The first kappa shape index (κ1) is 12.4. The van der Waals surface area contributed by atoms with E-state index in [1.165, 1.54) is 9.13 Å². The molecule has 0 saturated heterocycles. The molecule has 2 aromatic rings. The van der Waals surface area contributed by atoms with Crippen LogP contribution in [0.5, 0.6) is 0 Å². The summed E-state index contributed by atoms with van der Waals surface area (Å²) in [6.07, 6.45) is 1.85. The van der Waals surface area contributed by atoms with E-state index in [1.54, 1.807) is 0 Å². The van der Waals surface area contributed by atoms with Gasteiger partial charge in [0.1, 0.15) is 11.5 Å². The molecule has 0 aliphatic heterocycles. The van der Waals surface area contributed by atoms with E-state index in [0.717, 1.165) is 22.8 Å². The lowest BCUT2D eigenvalue weighted by Gasteiger charge is -1.98. The normalized spacial score (nSPS) is 11.3. The van der Waals surface area contributed by atoms with Crippen LogP contribution in [0.15, 0.2) is 33.7 Å². The predicted molar refractivity (Wildman–Crippen MR) is 79.3 cm³/mol. The SMILES string of the molecule is Cc1cc(C=Nc2ccc(I)c(C)c2)c(C)o1. The third kappa shape index (κ3) is 2.97. The van der Waals surface area contributed by atoms with Gasteiger partial charge in [-0.15, -0.1) is 0 Å². The zero-order valence-corrected chi connectivity index (χ0v) is 12.3. The van der Waals surface area contributed by atoms with Crippen molar-refractivity contribution in [2.24, 2.45) is 4.99 Å². The maximum atomic E-state index is 5.45. The Hall–Kier alpha value is -1.10. The number of furan rings is 1. The van der Waals surface area contributed by atoms with Crippen LogP contribution in [0.25, 0.3) is 0 Å². The van der Waals surface area contributed by atoms with Crippen LogP contribution in [0.2, 0.25) is 0 Å². The fourth-order valence-electron chi connectivity index (χ4n) is 1.63. The minimum Gasteiger partial charge on any atom is -0.466 e. The van der Waals surface area contributed by atoms with E-state index >= 15 is 0 Å². The Morgan fingerprint density at radius 3 is 2.53 bits per heavy atom. The Morgan fingerprint density at radius 2 is 1.94 bits per heavy atom. The van der Waals surface area contributed by atoms with Crippen LogP contribution in [0.4, 0.5) is 5.69 Å². The fraction of sp³-hybridized carbons (Fsp3) is 0.214. The van der Waals surface area contributed by atoms with Crippen LogP contribution in [0.3, 0.4) is 0 Å². The highest BCUT2D eigenvalue weighted by Crippen LogP contribution is 2.20. The molecule has 2 rings (SSSR count). The summed E-state index contributed by atoms with van der Waals surface area (Å²) < 4.78 is 6.71. The smallest absolute Gasteiger partial charge is 0.109 e. The van der Waals surface area contributed by atoms with E-state index in [4.69, 9.17) is 4.42 Å². The van der Waals surface area contributed by atoms with E-state index < -0.39 is 0 Å². The summed E-state index contributed by atoms with van der Waals surface area (Å²) in [6.45, 7) is 5.99. The van der Waals surface area contributed by atoms with Crippen molar-refractivity contribution in [3.63, 3.8) is 0 Å². The molecule has 88 valence electrons. The maximum Gasteiger partial charge on any atom is 0.109 e. The fourth-order valence-corrected chi connectivity index (χ4v) is 1.97. The molecule has 0 unspecified atom stereocenters. The molecule has 0 fully saturated rings. The third-order valence-electron chi connectivity index (χ3n) is 2.57. The molecule has 1 heterocycles. The molecular weight excluding hydrogens is 325 g/mol. The van der Waals surface area contributed by atoms with Gasteiger partial charge in [0, 0.05) is 15.3 Å². The van der Waals surface area contributed by atoms with Gasteiger partial charge in [-0.05, 0) is 73.2 Å². The zero-order valence-electron chi connectivity index (χ0n) is 10.1. The highest BCUT2D eigenvalue weighted by atomic mass is 127. The molecule has 0 spiro atoms. The molecule has 0 atom stereocenters. The standard InChI is InChI=1S/C14H14INO/c1-9-6-13(4-5-14(9)15)16-8-12-7-10(2)17-11(12)3/h4-8H,1-3H3. The predicted octanol–water partition coefficient (Wildman–Crippen LogP) is 4.56. The van der Waals surface area contributed by atoms with E-state index in [9.17, 15) is 0 Å². The Labute approximate surface area is 115 Å². The van der Waals surface area contributed by atoms with Crippen molar-refractivity contribution in [2.75, 3.05) is 0 Å². The maximum absolute atomic E-state index is 5.45. The second kappa shape index (κ2) is 5.04. The summed E-state index contributed by atoms with van der Waals surface area (Å²) in [5, 5.41) is 0. The van der Waals surface area contributed by atoms with Crippen molar-refractivity contribution in [1.82, 2.24) is 0 Å². The lowest BCUT2D eigenvalue weighted by molar-refractivity contribution is 0.504. The number of aryl methyl sites for hydroxylation is 3. The van der Waals surface area contributed by atoms with Gasteiger partial charge in [-0.25, -0.2) is 0 Å². The number of hydrogen-bond acceptors (Lipinski definition) is 2. The van der Waals surface area contributed by atoms with Gasteiger partial charge in [-0.3, -0.25) is 4.99 Å². The molecule has 2 nitrogen and oxygen atoms in total. The first-order chi connectivity index (χ1) is 8.06. The zero-order chi connectivity index (χ0) is 12.4. The summed E-state index contributed by atoms with van der Waals surface area (Å²) in [5.74, 6) is 1.83. The monoisotopic (exact) mass is 339 g/mol. The second-order valence-corrected chi connectivity index (χ2v) is 5.22. The van der Waals surface area contributed by atoms with Gasteiger partial charge in [0.25, 0.3) is 0 Å². The van der Waals surface area contributed by atoms with E-state index in [2.05, 4.69) is 46.6 Å². The van der Waals surface area contributed by atoms with Gasteiger partial charge in [-0.1, -0.05) is 0 Å². The summed E-state index contributed by atoms with van der Waals surface area (Å²) in [6, 6.07) is 8.18. The number of aliphatic imine (C=N–C) groups is 1. The largest absolute Gasteiger partial charge is 0.466 e. The summed E-state index contributed by atoms with van der Waals surface area (Å²) in [4.78, 5) is 4.46. The Balaban J connectivity index is 2.26. The minimum absolute atomic E-state index is 0.911. The first-order valence-electron chi connectivity index (χ1n) is 5.43. The van der Waals surface area contributed by atoms with Crippen molar-refractivity contribution in [3.8, 4) is 0 Å². The lowest BCUT2D eigenvalue weighted by Crippen LogP contribution is -1.81. The topological polar surface area (TPSA) is 25.5 Å². The van der Waals surface area contributed by atoms with E-state index in [-0.39, 0.29) is 0 Å². The van der Waals surface area contributed by atoms with Gasteiger partial charge in [0.05, 0.1) is 5.69 Å². The van der Waals surface area contributed by atoms with Crippen LogP contribution in [-0.4, -0.2) is 6.21 Å². The second-order valence-electron chi connectivity index (χ2n) is 4.06. The number of hydrogen-bond donors (Lipinski definition) is 0. The van der Waals surface area contributed by atoms with Crippen LogP contribution in [-0.2, 0) is 0 Å². The summed E-state index contributed by atoms with van der Waals surface area (Å²) in [5.41, 5.74) is 3.26. The molecule has 0 saturated carbocycles. The van der Waals surface area contributed by atoms with Crippen molar-refractivity contribution < 1.29 is 4.42 Å². The molecule has 0 bridgehead atoms. The van der Waals surface area contributed by atoms with Gasteiger partial charge in [-0.2, -0.15) is 0 Å². The van der Waals surface area contributed by atoms with Crippen LogP contribution < -0.4 is 0 Å². The van der Waals surface area contributed by atoms with Crippen molar-refractivity contribution in [2.45, 2.75) is 20.8 Å². The molecule has 17 heavy (non-hydrogen) atoms. The highest BCUT2D eigenvalue weighted by Gasteiger charge is 2.01. The molecule has 0 amide bonds. The number of nitrogens with zero attached hydrogens (tertiary/aromatic N) is 1. The van der Waals surface area contributed by atoms with Gasteiger partial charge < -0.3 is 4.42 Å². The molecule has 0 aliphatic rings. The quantitative estimate of drug-likeness (QED) is 0.582. The summed E-state index contributed by atoms with van der Waals surface area (Å²) in [7, 11) is 0. The molecule has 0 N–H and O–H groups in total. The van der Waals surface area contributed by atoms with Gasteiger partial charge in [0.15, 0.2) is 0 Å². The average molecular weight is 339 g/mol. The van der Waals surface area contributed by atoms with E-state index in [1.807, 2.05) is 32.2 Å². The Kier molecular flexibility index (Phi) is 3.66. The number of halogens is 1. The molecule has 1 aromatic heterocycles. The molecule has 0 radical (unpaired) electrons. The molecule has 0 aliphatic carbocycles. The minimum atomic E-state index is 0.911. The van der Waals surface area contributed by atoms with E-state index in [0.29, 0.717) is 0 Å². The van der Waals surface area contributed by atoms with Crippen LogP contribution >= 0.6 is 22.6 Å². The van der Waals surface area contributed by atoms with Gasteiger partial charge in [0.2, 0.25) is 0 Å². The number of benzene rings is 1. The summed E-state index contributed by atoms with van der Waals surface area (Å²) >= 11 is 2.32. The lowest BCUT2D eigenvalue weighted by atomic mass is 10.2. The van der Waals surface area contributed by atoms with Crippen molar-refractivity contribution in [1.29, 1.82) is 0 Å². The Bertz CT molecular complexity index is 570. The first-order valence-corrected chi connectivity index (χ1v) is 6.51. The van der Waals surface area contributed by atoms with Crippen molar-refractivity contribution in [3.05, 3.63) is 50.5 Å². The third-order valence-corrected chi connectivity index (χ3v) is 3.78. The highest BCUT2D eigenvalue weighted by molar-refractivity contribution is 14.1. The van der Waals surface area contributed by atoms with Crippen molar-refractivity contribution >= 4 is 34.5 Å². The van der Waals surface area contributed by atoms with Crippen LogP contribution in [0.1, 0.15) is 22.6 Å². The van der Waals surface area contributed by atoms with Gasteiger partial charge >= 0.3 is 0 Å². The molecular formula is C14H14INO. The number of rotatable bonds is 2. The Morgan fingerprint density at radius 1 is 1.18 bits per heavy atom. The molecule has 3 heteroatoms. The van der Waals surface area contributed by atoms with Crippen LogP contribution in [0, 0.1) is 24.3 Å². The average Bonchev–Trinajstić information content (AvgIpc) is 2.59.